The van der Waals surface area contributed by atoms with Gasteiger partial charge in [0, 0.05) is 13.6 Å². The first-order valence-corrected chi connectivity index (χ1v) is 9.60. The second kappa shape index (κ2) is 8.61. The lowest BCUT2D eigenvalue weighted by atomic mass is 10.1. The molecule has 0 aliphatic rings. The Balaban J connectivity index is 1.96. The minimum Gasteiger partial charge on any atom is -0.406 e. The Morgan fingerprint density at radius 2 is 1.71 bits per heavy atom. The molecule has 1 amide bonds. The Hall–Kier alpha value is -2.59. The van der Waals surface area contributed by atoms with Crippen molar-refractivity contribution in [1.82, 2.24) is 9.62 Å². The first kappa shape index (κ1) is 21.7. The van der Waals surface area contributed by atoms with Gasteiger partial charge in [-0.05, 0) is 42.3 Å². The van der Waals surface area contributed by atoms with Crippen LogP contribution in [0.15, 0.2) is 53.4 Å². The molecule has 1 N–H and O–H groups in total. The van der Waals surface area contributed by atoms with Crippen LogP contribution in [-0.2, 0) is 21.4 Å². The van der Waals surface area contributed by atoms with Crippen LogP contribution >= 0.6 is 0 Å². The fourth-order valence-electron chi connectivity index (χ4n) is 2.33. The Bertz CT molecular complexity index is 929. The van der Waals surface area contributed by atoms with Gasteiger partial charge in [-0.2, -0.15) is 0 Å². The summed E-state index contributed by atoms with van der Waals surface area (Å²) in [7, 11) is -2.52. The number of likely N-dealkylation sites (N-methyl/N-ethyl adjacent to an activating group) is 1. The number of sulfonamides is 1. The van der Waals surface area contributed by atoms with Crippen LogP contribution in [0.4, 0.5) is 13.2 Å². The third-order valence-corrected chi connectivity index (χ3v) is 5.29. The van der Waals surface area contributed by atoms with Crippen LogP contribution in [0.3, 0.4) is 0 Å². The second-order valence-electron chi connectivity index (χ2n) is 6.02. The third-order valence-electron chi connectivity index (χ3n) is 3.88. The molecule has 28 heavy (non-hydrogen) atoms. The Labute approximate surface area is 161 Å². The molecule has 0 saturated heterocycles. The average Bonchev–Trinajstić information content (AvgIpc) is 2.60. The number of aryl methyl sites for hydroxylation is 1. The predicted octanol–water partition coefficient (Wildman–Crippen LogP) is 2.83. The van der Waals surface area contributed by atoms with Crippen molar-refractivity contribution in [2.45, 2.75) is 24.7 Å². The van der Waals surface area contributed by atoms with Crippen LogP contribution in [0, 0.1) is 6.92 Å². The zero-order valence-electron chi connectivity index (χ0n) is 15.2. The molecule has 152 valence electrons. The Morgan fingerprint density at radius 3 is 2.29 bits per heavy atom. The SMILES string of the molecule is Cc1ccccc1CN(C)C(=O)CNS(=O)(=O)c1ccc(OC(F)(F)F)cc1. The van der Waals surface area contributed by atoms with Crippen LogP contribution < -0.4 is 9.46 Å². The van der Waals surface area contributed by atoms with Crippen molar-refractivity contribution in [3.05, 3.63) is 59.7 Å². The zero-order valence-corrected chi connectivity index (χ0v) is 16.0. The fourth-order valence-corrected chi connectivity index (χ4v) is 3.30. The summed E-state index contributed by atoms with van der Waals surface area (Å²) < 4.78 is 66.7. The van der Waals surface area contributed by atoms with E-state index in [2.05, 4.69) is 9.46 Å². The van der Waals surface area contributed by atoms with Gasteiger partial charge in [0.15, 0.2) is 0 Å². The largest absolute Gasteiger partial charge is 0.573 e. The molecule has 2 rings (SSSR count). The molecule has 0 heterocycles. The number of amides is 1. The van der Waals surface area contributed by atoms with E-state index in [4.69, 9.17) is 0 Å². The van der Waals surface area contributed by atoms with Gasteiger partial charge < -0.3 is 9.64 Å². The van der Waals surface area contributed by atoms with Crippen LogP contribution in [0.2, 0.25) is 0 Å². The van der Waals surface area contributed by atoms with E-state index < -0.39 is 34.6 Å². The highest BCUT2D eigenvalue weighted by Crippen LogP contribution is 2.23. The van der Waals surface area contributed by atoms with E-state index in [1.165, 1.54) is 4.90 Å². The summed E-state index contributed by atoms with van der Waals surface area (Å²) in [4.78, 5) is 13.3. The van der Waals surface area contributed by atoms with E-state index in [0.717, 1.165) is 35.4 Å². The maximum atomic E-state index is 12.2. The van der Waals surface area contributed by atoms with Gasteiger partial charge >= 0.3 is 6.36 Å². The Morgan fingerprint density at radius 1 is 1.11 bits per heavy atom. The highest BCUT2D eigenvalue weighted by atomic mass is 32.2. The van der Waals surface area contributed by atoms with E-state index in [-0.39, 0.29) is 4.90 Å². The van der Waals surface area contributed by atoms with Crippen molar-refractivity contribution >= 4 is 15.9 Å². The monoisotopic (exact) mass is 416 g/mol. The number of rotatable bonds is 7. The van der Waals surface area contributed by atoms with E-state index in [0.29, 0.717) is 6.54 Å². The number of nitrogens with one attached hydrogen (secondary N) is 1. The quantitative estimate of drug-likeness (QED) is 0.753. The number of hydrogen-bond acceptors (Lipinski definition) is 4. The standard InChI is InChI=1S/C18H19F3N2O4S/c1-13-5-3-4-6-14(13)12-23(2)17(24)11-22-28(25,26)16-9-7-15(8-10-16)27-18(19,20)21/h3-10,22H,11-12H2,1-2H3. The Kier molecular flexibility index (Phi) is 6.68. The van der Waals surface area contributed by atoms with E-state index in [1.807, 2.05) is 31.2 Å². The molecule has 0 aliphatic carbocycles. The molecular weight excluding hydrogens is 397 g/mol. The highest BCUT2D eigenvalue weighted by Gasteiger charge is 2.31. The first-order chi connectivity index (χ1) is 13.0. The molecule has 10 heteroatoms. The molecule has 0 unspecified atom stereocenters. The number of hydrogen-bond donors (Lipinski definition) is 1. The van der Waals surface area contributed by atoms with E-state index in [9.17, 15) is 26.4 Å². The van der Waals surface area contributed by atoms with Crippen LogP contribution in [0.5, 0.6) is 5.75 Å². The molecule has 0 fully saturated rings. The predicted molar refractivity (Wildman–Crippen MR) is 96.0 cm³/mol. The maximum absolute atomic E-state index is 12.2. The van der Waals surface area contributed by atoms with Gasteiger partial charge in [-0.15, -0.1) is 13.2 Å². The lowest BCUT2D eigenvalue weighted by Gasteiger charge is -2.19. The molecule has 0 spiro atoms. The molecule has 0 radical (unpaired) electrons. The minimum atomic E-state index is -4.87. The lowest BCUT2D eigenvalue weighted by Crippen LogP contribution is -2.37. The molecule has 0 saturated carbocycles. The summed E-state index contributed by atoms with van der Waals surface area (Å²) in [6.45, 7) is 1.74. The smallest absolute Gasteiger partial charge is 0.406 e. The average molecular weight is 416 g/mol. The summed E-state index contributed by atoms with van der Waals surface area (Å²) in [6, 6.07) is 11.2. The van der Waals surface area contributed by atoms with Gasteiger partial charge in [-0.25, -0.2) is 13.1 Å². The van der Waals surface area contributed by atoms with Crippen LogP contribution in [0.25, 0.3) is 0 Å². The molecule has 2 aromatic carbocycles. The third kappa shape index (κ3) is 6.24. The van der Waals surface area contributed by atoms with Gasteiger partial charge in [0.1, 0.15) is 5.75 Å². The van der Waals surface area contributed by atoms with E-state index in [1.54, 1.807) is 7.05 Å². The van der Waals surface area contributed by atoms with Gasteiger partial charge in [-0.3, -0.25) is 4.79 Å². The number of nitrogens with zero attached hydrogens (tertiary/aromatic N) is 1. The summed E-state index contributed by atoms with van der Waals surface area (Å²) in [5.41, 5.74) is 1.94. The molecule has 0 bridgehead atoms. The van der Waals surface area contributed by atoms with Crippen molar-refractivity contribution in [2.75, 3.05) is 13.6 Å². The van der Waals surface area contributed by atoms with Gasteiger partial charge in [0.2, 0.25) is 15.9 Å². The number of halogens is 3. The first-order valence-electron chi connectivity index (χ1n) is 8.12. The zero-order chi connectivity index (χ0) is 20.9. The van der Waals surface area contributed by atoms with Crippen molar-refractivity contribution < 1.29 is 31.1 Å². The molecule has 0 atom stereocenters. The lowest BCUT2D eigenvalue weighted by molar-refractivity contribution is -0.274. The van der Waals surface area contributed by atoms with Gasteiger partial charge in [-0.1, -0.05) is 24.3 Å². The molecule has 0 aromatic heterocycles. The summed E-state index contributed by atoms with van der Waals surface area (Å²) in [6.07, 6.45) is -4.87. The molecule has 2 aromatic rings. The maximum Gasteiger partial charge on any atom is 0.573 e. The van der Waals surface area contributed by atoms with Crippen molar-refractivity contribution in [3.63, 3.8) is 0 Å². The minimum absolute atomic E-state index is 0.281. The number of carbonyl (C=O) groups excluding carboxylic acids is 1. The summed E-state index contributed by atoms with van der Waals surface area (Å²) in [5.74, 6) is -0.996. The van der Waals surface area contributed by atoms with Crippen LogP contribution in [0.1, 0.15) is 11.1 Å². The van der Waals surface area contributed by atoms with Gasteiger partial charge in [0.25, 0.3) is 0 Å². The molecule has 6 nitrogen and oxygen atoms in total. The van der Waals surface area contributed by atoms with Crippen LogP contribution in [-0.4, -0.2) is 39.2 Å². The van der Waals surface area contributed by atoms with Crippen molar-refractivity contribution in [3.8, 4) is 5.75 Å². The van der Waals surface area contributed by atoms with E-state index >= 15 is 0 Å². The molecular formula is C18H19F3N2O4S. The normalized spacial score (nSPS) is 11.9. The number of alkyl halides is 3. The van der Waals surface area contributed by atoms with Gasteiger partial charge in [0.05, 0.1) is 11.4 Å². The summed E-state index contributed by atoms with van der Waals surface area (Å²) >= 11 is 0. The number of benzene rings is 2. The number of ether oxygens (including phenoxy) is 1. The van der Waals surface area contributed by atoms with Crippen molar-refractivity contribution in [2.24, 2.45) is 0 Å². The highest BCUT2D eigenvalue weighted by molar-refractivity contribution is 7.89. The molecule has 0 aliphatic heterocycles. The van der Waals surface area contributed by atoms with Crippen molar-refractivity contribution in [1.29, 1.82) is 0 Å². The second-order valence-corrected chi connectivity index (χ2v) is 7.79. The topological polar surface area (TPSA) is 75.7 Å². The summed E-state index contributed by atoms with van der Waals surface area (Å²) in [5, 5.41) is 0. The fraction of sp³-hybridized carbons (Fsp3) is 0.278. The number of carbonyl (C=O) groups is 1.